The number of benzene rings is 1. The Labute approximate surface area is 246 Å². The summed E-state index contributed by atoms with van der Waals surface area (Å²) in [7, 11) is 2.10. The topological polar surface area (TPSA) is 121 Å². The minimum Gasteiger partial charge on any atom is -0.481 e. The fourth-order valence-corrected chi connectivity index (χ4v) is 5.59. The van der Waals surface area contributed by atoms with E-state index >= 15 is 0 Å². The molecule has 1 aromatic heterocycles. The molecule has 40 heavy (non-hydrogen) atoms. The molecule has 2 saturated heterocycles. The Morgan fingerprint density at radius 3 is 2.35 bits per heavy atom. The first-order valence-electron chi connectivity index (χ1n) is 13.6. The van der Waals surface area contributed by atoms with Gasteiger partial charge >= 0.3 is 5.97 Å². The summed E-state index contributed by atoms with van der Waals surface area (Å²) in [5, 5.41) is 10.0. The third kappa shape index (κ3) is 9.02. The second-order valence-corrected chi connectivity index (χ2v) is 11.4. The molecule has 1 aromatic carbocycles. The van der Waals surface area contributed by atoms with Gasteiger partial charge in [0, 0.05) is 66.9 Å². The van der Waals surface area contributed by atoms with Gasteiger partial charge in [-0.05, 0) is 81.2 Å². The van der Waals surface area contributed by atoms with Crippen molar-refractivity contribution >= 4 is 29.2 Å². The molecule has 2 aromatic rings. The molecule has 0 atom stereocenters. The van der Waals surface area contributed by atoms with Gasteiger partial charge in [-0.2, -0.15) is 0 Å². The van der Waals surface area contributed by atoms with Crippen molar-refractivity contribution in [1.29, 1.82) is 0 Å². The zero-order chi connectivity index (χ0) is 28.6. The van der Waals surface area contributed by atoms with E-state index in [0.29, 0.717) is 39.9 Å². The summed E-state index contributed by atoms with van der Waals surface area (Å²) >= 11 is 12.6. The highest BCUT2D eigenvalue weighted by molar-refractivity contribution is 6.35. The van der Waals surface area contributed by atoms with E-state index in [9.17, 15) is 4.79 Å². The highest BCUT2D eigenvalue weighted by atomic mass is 35.5. The van der Waals surface area contributed by atoms with E-state index in [0.717, 1.165) is 69.7 Å². The van der Waals surface area contributed by atoms with Crippen LogP contribution >= 0.6 is 23.2 Å². The van der Waals surface area contributed by atoms with E-state index in [1.807, 2.05) is 24.3 Å². The van der Waals surface area contributed by atoms with Crippen LogP contribution in [0.1, 0.15) is 31.2 Å². The molecule has 0 aliphatic carbocycles. The van der Waals surface area contributed by atoms with E-state index in [1.54, 1.807) is 18.2 Å². The summed E-state index contributed by atoms with van der Waals surface area (Å²) in [5.41, 5.74) is 15.0. The Balaban J connectivity index is 1.50. The summed E-state index contributed by atoms with van der Waals surface area (Å²) in [6.45, 7) is 6.14. The third-order valence-electron chi connectivity index (χ3n) is 7.41. The number of halogens is 2. The molecular weight excluding hydrogens is 551 g/mol. The molecule has 0 amide bonds. The zero-order valence-corrected chi connectivity index (χ0v) is 24.4. The third-order valence-corrected chi connectivity index (χ3v) is 7.85. The van der Waals surface area contributed by atoms with Gasteiger partial charge in [0.25, 0.3) is 0 Å². The molecule has 5 N–H and O–H groups in total. The second-order valence-electron chi connectivity index (χ2n) is 10.6. The van der Waals surface area contributed by atoms with Crippen LogP contribution in [0.2, 0.25) is 10.0 Å². The number of aliphatic carboxylic acids is 1. The minimum atomic E-state index is -0.730. The Bertz CT molecular complexity index is 1220. The summed E-state index contributed by atoms with van der Waals surface area (Å²) in [6.07, 6.45) is 6.34. The smallest absolute Gasteiger partial charge is 0.303 e. The highest BCUT2D eigenvalue weighted by Gasteiger charge is 2.21. The first kappa shape index (κ1) is 30.0. The average Bonchev–Trinajstić information content (AvgIpc) is 2.91. The van der Waals surface area contributed by atoms with Gasteiger partial charge in [0.2, 0.25) is 5.88 Å². The first-order valence-corrected chi connectivity index (χ1v) is 14.4. The summed E-state index contributed by atoms with van der Waals surface area (Å²) in [5.74, 6) is 0.897. The van der Waals surface area contributed by atoms with Gasteiger partial charge in [-0.3, -0.25) is 9.69 Å². The number of nitrogens with zero attached hydrogens (tertiary/aromatic N) is 4. The molecule has 2 aliphatic rings. The number of carboxylic acids is 1. The van der Waals surface area contributed by atoms with Crippen molar-refractivity contribution in [2.45, 2.75) is 32.2 Å². The van der Waals surface area contributed by atoms with Crippen LogP contribution in [0.5, 0.6) is 5.88 Å². The number of aromatic nitrogens is 1. The number of likely N-dealkylation sites (N-methyl/N-ethyl adjacent to an activating group) is 1. The van der Waals surface area contributed by atoms with Gasteiger partial charge in [-0.25, -0.2) is 4.98 Å². The lowest BCUT2D eigenvalue weighted by Crippen LogP contribution is -2.45. The predicted octanol–water partition coefficient (Wildman–Crippen LogP) is 4.36. The molecule has 2 aliphatic heterocycles. The van der Waals surface area contributed by atoms with Crippen molar-refractivity contribution in [2.75, 3.05) is 46.3 Å². The lowest BCUT2D eigenvalue weighted by atomic mass is 9.92. The van der Waals surface area contributed by atoms with Crippen molar-refractivity contribution in [2.24, 2.45) is 17.4 Å². The van der Waals surface area contributed by atoms with E-state index < -0.39 is 5.97 Å². The van der Waals surface area contributed by atoms with Crippen molar-refractivity contribution in [3.05, 3.63) is 69.8 Å². The maximum absolute atomic E-state index is 10.9. The van der Waals surface area contributed by atoms with Gasteiger partial charge in [-0.15, -0.1) is 0 Å². The van der Waals surface area contributed by atoms with Crippen LogP contribution in [0.15, 0.2) is 54.2 Å². The van der Waals surface area contributed by atoms with Crippen LogP contribution in [0, 0.1) is 5.92 Å². The molecule has 216 valence electrons. The normalized spacial score (nSPS) is 18.2. The molecule has 2 fully saturated rings. The van der Waals surface area contributed by atoms with Gasteiger partial charge < -0.3 is 31.1 Å². The molecule has 0 unspecified atom stereocenters. The van der Waals surface area contributed by atoms with E-state index in [-0.39, 0.29) is 12.3 Å². The van der Waals surface area contributed by atoms with Crippen LogP contribution in [-0.4, -0.2) is 77.1 Å². The quantitative estimate of drug-likeness (QED) is 0.274. The largest absolute Gasteiger partial charge is 0.481 e. The number of pyridine rings is 1. The number of hydrogen-bond donors (Lipinski definition) is 3. The van der Waals surface area contributed by atoms with E-state index in [4.69, 9.17) is 49.5 Å². The Hall–Kier alpha value is -2.98. The molecule has 0 radical (unpaired) electrons. The van der Waals surface area contributed by atoms with Gasteiger partial charge in [0.15, 0.2) is 5.88 Å². The van der Waals surface area contributed by atoms with E-state index in [2.05, 4.69) is 21.7 Å². The number of carboxylic acid groups (broad SMARTS) is 1. The average molecular weight is 590 g/mol. The SMILES string of the molecule is CN1CCN(/C(N)=C/C=C(\N)Oc2cc(CN3CCC(CCC(=O)O)CC3)cc(-c3cc(Cl)cc(Cl)c3)n2)CC1. The molecule has 0 bridgehead atoms. The monoisotopic (exact) mass is 588 g/mol. The fourth-order valence-electron chi connectivity index (χ4n) is 5.06. The van der Waals surface area contributed by atoms with Gasteiger partial charge in [0.05, 0.1) is 11.5 Å². The number of rotatable bonds is 10. The van der Waals surface area contributed by atoms with Crippen molar-refractivity contribution in [1.82, 2.24) is 19.7 Å². The fraction of sp³-hybridized carbons (Fsp3) is 0.448. The number of hydrogen-bond acceptors (Lipinski definition) is 8. The molecule has 4 rings (SSSR count). The standard InChI is InChI=1S/C29H38Cl2N6O3/c1-35-10-12-37(13-11-35)26(32)3-4-27(33)40-28-15-21(14-25(34-28)22-16-23(30)18-24(31)17-22)19-36-8-6-20(7-9-36)2-5-29(38)39/h3-4,14-18,20H,2,5-13,19,32-33H2,1H3,(H,38,39)/b26-3+,27-4+. The molecule has 0 spiro atoms. The Morgan fingerprint density at radius 2 is 1.70 bits per heavy atom. The molecule has 3 heterocycles. The van der Waals surface area contributed by atoms with Gasteiger partial charge in [-0.1, -0.05) is 23.2 Å². The number of piperazine rings is 1. The summed E-state index contributed by atoms with van der Waals surface area (Å²) in [4.78, 5) is 22.4. The Kier molecular flexibility index (Phi) is 10.6. The number of likely N-dealkylation sites (tertiary alicyclic amines) is 1. The summed E-state index contributed by atoms with van der Waals surface area (Å²) < 4.78 is 5.95. The number of carbonyl (C=O) groups is 1. The van der Waals surface area contributed by atoms with Crippen LogP contribution < -0.4 is 16.2 Å². The molecule has 9 nitrogen and oxygen atoms in total. The van der Waals surface area contributed by atoms with Crippen LogP contribution in [-0.2, 0) is 11.3 Å². The Morgan fingerprint density at radius 1 is 1.02 bits per heavy atom. The zero-order valence-electron chi connectivity index (χ0n) is 22.9. The minimum absolute atomic E-state index is 0.177. The highest BCUT2D eigenvalue weighted by Crippen LogP contribution is 2.30. The first-order chi connectivity index (χ1) is 19.1. The van der Waals surface area contributed by atoms with Crippen LogP contribution in [0.25, 0.3) is 11.3 Å². The number of nitrogens with two attached hydrogens (primary N) is 2. The predicted molar refractivity (Wildman–Crippen MR) is 159 cm³/mol. The van der Waals surface area contributed by atoms with Crippen molar-refractivity contribution < 1.29 is 14.6 Å². The number of ether oxygens (including phenoxy) is 1. The van der Waals surface area contributed by atoms with Crippen molar-refractivity contribution in [3.63, 3.8) is 0 Å². The number of allylic oxidation sites excluding steroid dienone is 2. The van der Waals surface area contributed by atoms with Crippen LogP contribution in [0.3, 0.4) is 0 Å². The maximum atomic E-state index is 10.9. The van der Waals surface area contributed by atoms with Gasteiger partial charge in [0.1, 0.15) is 0 Å². The van der Waals surface area contributed by atoms with Crippen molar-refractivity contribution in [3.8, 4) is 17.1 Å². The summed E-state index contributed by atoms with van der Waals surface area (Å²) in [6, 6.07) is 9.21. The molecular formula is C29H38Cl2N6O3. The second kappa shape index (κ2) is 14.1. The molecule has 0 saturated carbocycles. The molecule has 11 heteroatoms. The lowest BCUT2D eigenvalue weighted by Gasteiger charge is -2.33. The maximum Gasteiger partial charge on any atom is 0.303 e. The van der Waals surface area contributed by atoms with E-state index in [1.165, 1.54) is 0 Å². The number of piperidine rings is 1. The van der Waals surface area contributed by atoms with Crippen LogP contribution in [0.4, 0.5) is 0 Å². The lowest BCUT2D eigenvalue weighted by molar-refractivity contribution is -0.137.